The first-order valence-corrected chi connectivity index (χ1v) is 5.00. The van der Waals surface area contributed by atoms with Gasteiger partial charge in [0.15, 0.2) is 0 Å². The Kier molecular flexibility index (Phi) is 1.76. The molecule has 15 heavy (non-hydrogen) atoms. The minimum absolute atomic E-state index is 0.774. The van der Waals surface area contributed by atoms with Gasteiger partial charge in [0.2, 0.25) is 0 Å². The molecule has 0 atom stereocenters. The summed E-state index contributed by atoms with van der Waals surface area (Å²) in [6, 6.07) is 8.01. The van der Waals surface area contributed by atoms with Crippen molar-refractivity contribution in [2.24, 2.45) is 0 Å². The van der Waals surface area contributed by atoms with E-state index in [1.807, 2.05) is 30.4 Å². The van der Waals surface area contributed by atoms with Gasteiger partial charge in [-0.25, -0.2) is 0 Å². The molecule has 2 aliphatic rings. The molecule has 0 saturated heterocycles. The SMILES string of the molecule is [O-]N1C=c2ccccc2=C2CC=CC=C21. The van der Waals surface area contributed by atoms with Gasteiger partial charge in [0.25, 0.3) is 0 Å². The summed E-state index contributed by atoms with van der Waals surface area (Å²) < 4.78 is 0. The van der Waals surface area contributed by atoms with Crippen LogP contribution in [-0.4, -0.2) is 5.06 Å². The monoisotopic (exact) mass is 196 g/mol. The molecular weight excluding hydrogens is 186 g/mol. The minimum Gasteiger partial charge on any atom is -0.754 e. The lowest BCUT2D eigenvalue weighted by Gasteiger charge is -2.34. The highest BCUT2D eigenvalue weighted by atomic mass is 16.5. The van der Waals surface area contributed by atoms with Gasteiger partial charge in [-0.2, -0.15) is 0 Å². The molecule has 0 aromatic heterocycles. The van der Waals surface area contributed by atoms with Crippen molar-refractivity contribution in [3.63, 3.8) is 0 Å². The maximum atomic E-state index is 11.7. The maximum Gasteiger partial charge on any atom is 0.0341 e. The van der Waals surface area contributed by atoms with Gasteiger partial charge in [0.1, 0.15) is 0 Å². The fourth-order valence-electron chi connectivity index (χ4n) is 2.08. The highest BCUT2D eigenvalue weighted by Gasteiger charge is 2.11. The van der Waals surface area contributed by atoms with Gasteiger partial charge in [-0.05, 0) is 28.5 Å². The van der Waals surface area contributed by atoms with E-state index in [0.29, 0.717) is 0 Å². The zero-order valence-corrected chi connectivity index (χ0v) is 8.18. The van der Waals surface area contributed by atoms with Crippen LogP contribution < -0.4 is 10.4 Å². The van der Waals surface area contributed by atoms with Crippen LogP contribution in [-0.2, 0) is 0 Å². The Labute approximate surface area is 87.7 Å². The molecule has 0 unspecified atom stereocenters. The number of rotatable bonds is 0. The van der Waals surface area contributed by atoms with Gasteiger partial charge in [0, 0.05) is 11.9 Å². The number of fused-ring (bicyclic) bond motifs is 2. The lowest BCUT2D eigenvalue weighted by Crippen LogP contribution is -2.35. The van der Waals surface area contributed by atoms with Crippen LogP contribution in [0.25, 0.3) is 11.8 Å². The first-order chi connectivity index (χ1) is 7.36. The van der Waals surface area contributed by atoms with E-state index >= 15 is 0 Å². The standard InChI is InChI=1S/C13H10NO/c15-14-9-10-5-1-2-6-11(10)12-7-3-4-8-13(12)14/h1-6,8-9H,7H2/q-1. The molecule has 2 nitrogen and oxygen atoms in total. The van der Waals surface area contributed by atoms with Crippen molar-refractivity contribution in [3.05, 3.63) is 63.8 Å². The van der Waals surface area contributed by atoms with Crippen LogP contribution >= 0.6 is 0 Å². The van der Waals surface area contributed by atoms with Crippen LogP contribution in [0.3, 0.4) is 0 Å². The Balaban J connectivity index is 2.42. The summed E-state index contributed by atoms with van der Waals surface area (Å²) in [5.41, 5.74) is 1.90. The van der Waals surface area contributed by atoms with E-state index in [1.165, 1.54) is 5.22 Å². The molecule has 1 aliphatic heterocycles. The van der Waals surface area contributed by atoms with E-state index in [4.69, 9.17) is 0 Å². The van der Waals surface area contributed by atoms with Gasteiger partial charge >= 0.3 is 0 Å². The number of hydrogen-bond acceptors (Lipinski definition) is 2. The number of nitrogens with zero attached hydrogens (tertiary/aromatic N) is 1. The lowest BCUT2D eigenvalue weighted by atomic mass is 9.98. The fraction of sp³-hybridized carbons (Fsp3) is 0.0769. The van der Waals surface area contributed by atoms with Crippen molar-refractivity contribution in [1.29, 1.82) is 0 Å². The molecule has 0 amide bonds. The second-order valence-corrected chi connectivity index (χ2v) is 3.70. The summed E-state index contributed by atoms with van der Waals surface area (Å²) in [5.74, 6) is 0. The molecule has 0 saturated carbocycles. The van der Waals surface area contributed by atoms with Crippen LogP contribution in [0.1, 0.15) is 6.42 Å². The normalized spacial score (nSPS) is 17.8. The molecule has 0 fully saturated rings. The Hall–Kier alpha value is -1.80. The average Bonchev–Trinajstić information content (AvgIpc) is 2.30. The summed E-state index contributed by atoms with van der Waals surface area (Å²) in [6.45, 7) is 0. The largest absolute Gasteiger partial charge is 0.754 e. The lowest BCUT2D eigenvalue weighted by molar-refractivity contribution is 0.701. The fourth-order valence-corrected chi connectivity index (χ4v) is 2.08. The van der Waals surface area contributed by atoms with E-state index in [0.717, 1.165) is 28.0 Å². The highest BCUT2D eigenvalue weighted by Crippen LogP contribution is 2.23. The Bertz CT molecular complexity index is 581. The molecule has 74 valence electrons. The maximum absolute atomic E-state index is 11.7. The third-order valence-corrected chi connectivity index (χ3v) is 2.80. The molecule has 1 aromatic carbocycles. The number of hydrogen-bond donors (Lipinski definition) is 0. The average molecular weight is 196 g/mol. The van der Waals surface area contributed by atoms with Crippen molar-refractivity contribution in [3.8, 4) is 0 Å². The number of hydroxylamine groups is 2. The Morgan fingerprint density at radius 3 is 3.00 bits per heavy atom. The smallest absolute Gasteiger partial charge is 0.0341 e. The second-order valence-electron chi connectivity index (χ2n) is 3.70. The van der Waals surface area contributed by atoms with E-state index in [-0.39, 0.29) is 0 Å². The summed E-state index contributed by atoms with van der Waals surface area (Å²) >= 11 is 0. The second kappa shape index (κ2) is 3.11. The van der Waals surface area contributed by atoms with Crippen molar-refractivity contribution < 1.29 is 0 Å². The van der Waals surface area contributed by atoms with Crippen molar-refractivity contribution in [2.75, 3.05) is 0 Å². The molecule has 0 radical (unpaired) electrons. The quantitative estimate of drug-likeness (QED) is 0.624. The molecular formula is C13H10NO-. The van der Waals surface area contributed by atoms with Gasteiger partial charge in [-0.15, -0.1) is 0 Å². The number of allylic oxidation sites excluding steroid dienone is 4. The molecule has 1 aliphatic carbocycles. The molecule has 0 bridgehead atoms. The topological polar surface area (TPSA) is 26.3 Å². The molecule has 1 aromatic rings. The van der Waals surface area contributed by atoms with Crippen molar-refractivity contribution >= 4 is 11.8 Å². The summed E-state index contributed by atoms with van der Waals surface area (Å²) in [4.78, 5) is 0. The molecule has 2 heteroatoms. The highest BCUT2D eigenvalue weighted by molar-refractivity contribution is 5.71. The first-order valence-electron chi connectivity index (χ1n) is 5.00. The van der Waals surface area contributed by atoms with Crippen LogP contribution in [0.5, 0.6) is 0 Å². The third kappa shape index (κ3) is 1.22. The molecule has 0 N–H and O–H groups in total. The van der Waals surface area contributed by atoms with E-state index in [2.05, 4.69) is 12.1 Å². The summed E-state index contributed by atoms with van der Waals surface area (Å²) in [6.07, 6.45) is 8.37. The van der Waals surface area contributed by atoms with Crippen molar-refractivity contribution in [2.45, 2.75) is 6.42 Å². The summed E-state index contributed by atoms with van der Waals surface area (Å²) in [5, 5.41) is 14.9. The molecule has 1 heterocycles. The Morgan fingerprint density at radius 1 is 1.20 bits per heavy atom. The Morgan fingerprint density at radius 2 is 2.07 bits per heavy atom. The summed E-state index contributed by atoms with van der Waals surface area (Å²) in [7, 11) is 0. The van der Waals surface area contributed by atoms with Gasteiger partial charge < -0.3 is 10.3 Å². The van der Waals surface area contributed by atoms with E-state index in [9.17, 15) is 5.21 Å². The zero-order chi connectivity index (χ0) is 10.3. The van der Waals surface area contributed by atoms with Crippen LogP contribution in [0.2, 0.25) is 0 Å². The number of benzene rings is 1. The predicted octanol–water partition coefficient (Wildman–Crippen LogP) is 1.23. The third-order valence-electron chi connectivity index (χ3n) is 2.80. The van der Waals surface area contributed by atoms with Gasteiger partial charge in [-0.3, -0.25) is 0 Å². The molecule has 0 spiro atoms. The predicted molar refractivity (Wildman–Crippen MR) is 60.6 cm³/mol. The van der Waals surface area contributed by atoms with Gasteiger partial charge in [0.05, 0.1) is 0 Å². The van der Waals surface area contributed by atoms with Gasteiger partial charge in [-0.1, -0.05) is 36.4 Å². The van der Waals surface area contributed by atoms with Crippen molar-refractivity contribution in [1.82, 2.24) is 5.06 Å². The van der Waals surface area contributed by atoms with E-state index in [1.54, 1.807) is 6.20 Å². The van der Waals surface area contributed by atoms with E-state index < -0.39 is 0 Å². The minimum atomic E-state index is 0.774. The van der Waals surface area contributed by atoms with Crippen LogP contribution in [0.4, 0.5) is 0 Å². The van der Waals surface area contributed by atoms with Crippen LogP contribution in [0, 0.1) is 5.21 Å². The zero-order valence-electron chi connectivity index (χ0n) is 8.18. The first kappa shape index (κ1) is 8.50. The van der Waals surface area contributed by atoms with Crippen LogP contribution in [0.15, 0.2) is 48.2 Å². The molecule has 3 rings (SSSR count).